The molecule has 2 rings (SSSR count). The van der Waals surface area contributed by atoms with Crippen molar-refractivity contribution in [3.05, 3.63) is 38.2 Å². The predicted molar refractivity (Wildman–Crippen MR) is 78.1 cm³/mol. The van der Waals surface area contributed by atoms with E-state index in [9.17, 15) is 14.0 Å². The second-order valence-corrected chi connectivity index (χ2v) is 6.01. The first-order valence-electron chi connectivity index (χ1n) is 5.83. The topological polar surface area (TPSA) is 52.6 Å². The number of rotatable bonds is 1. The summed E-state index contributed by atoms with van der Waals surface area (Å²) in [6, 6.07) is 2.93. The second-order valence-electron chi connectivity index (χ2n) is 4.85. The summed E-state index contributed by atoms with van der Waals surface area (Å²) in [5, 5.41) is 0. The minimum absolute atomic E-state index is 0.247. The lowest BCUT2D eigenvalue weighted by atomic mass is 10.1. The van der Waals surface area contributed by atoms with Gasteiger partial charge in [-0.25, -0.2) is 14.0 Å². The van der Waals surface area contributed by atoms with Crippen LogP contribution in [0.25, 0.3) is 6.08 Å². The average molecular weight is 390 g/mol. The van der Waals surface area contributed by atoms with E-state index in [4.69, 9.17) is 9.47 Å². The van der Waals surface area contributed by atoms with E-state index in [1.54, 1.807) is 13.0 Å². The summed E-state index contributed by atoms with van der Waals surface area (Å²) in [4.78, 5) is 23.5. The molecule has 0 spiro atoms. The van der Waals surface area contributed by atoms with Crippen LogP contribution >= 0.6 is 22.6 Å². The quantitative estimate of drug-likeness (QED) is 0.320. The fourth-order valence-electron chi connectivity index (χ4n) is 1.69. The van der Waals surface area contributed by atoms with Gasteiger partial charge in [-0.2, -0.15) is 0 Å². The molecule has 0 N–H and O–H groups in total. The molecular formula is C14H12FIO4. The number of benzene rings is 1. The lowest BCUT2D eigenvalue weighted by Crippen LogP contribution is -2.41. The van der Waals surface area contributed by atoms with E-state index in [0.29, 0.717) is 14.7 Å². The molecule has 1 aromatic rings. The first-order valence-corrected chi connectivity index (χ1v) is 6.91. The lowest BCUT2D eigenvalue weighted by molar-refractivity contribution is -0.222. The smallest absolute Gasteiger partial charge is 0.348 e. The van der Waals surface area contributed by atoms with Gasteiger partial charge in [0.2, 0.25) is 0 Å². The van der Waals surface area contributed by atoms with E-state index in [2.05, 4.69) is 0 Å². The van der Waals surface area contributed by atoms with Crippen molar-refractivity contribution in [1.82, 2.24) is 0 Å². The predicted octanol–water partition coefficient (Wildman–Crippen LogP) is 2.96. The van der Waals surface area contributed by atoms with Gasteiger partial charge in [-0.3, -0.25) is 0 Å². The van der Waals surface area contributed by atoms with Crippen LogP contribution in [0.3, 0.4) is 0 Å². The van der Waals surface area contributed by atoms with E-state index in [-0.39, 0.29) is 5.57 Å². The number of carbonyl (C=O) groups is 2. The molecule has 1 aromatic carbocycles. The molecule has 0 atom stereocenters. The summed E-state index contributed by atoms with van der Waals surface area (Å²) in [5.74, 6) is -3.23. The molecule has 1 fully saturated rings. The zero-order valence-electron chi connectivity index (χ0n) is 11.1. The fourth-order valence-corrected chi connectivity index (χ4v) is 2.31. The van der Waals surface area contributed by atoms with Crippen molar-refractivity contribution in [2.24, 2.45) is 0 Å². The molecule has 0 bridgehead atoms. The molecule has 106 valence electrons. The third-order valence-corrected chi connectivity index (χ3v) is 3.85. The molecule has 20 heavy (non-hydrogen) atoms. The first kappa shape index (κ1) is 15.0. The van der Waals surface area contributed by atoms with Crippen LogP contribution in [-0.4, -0.2) is 17.7 Å². The maximum absolute atomic E-state index is 13.6. The Bertz CT molecular complexity index is 589. The number of carbonyl (C=O) groups excluding carboxylic acids is 2. The van der Waals surface area contributed by atoms with Crippen molar-refractivity contribution < 1.29 is 23.5 Å². The number of ether oxygens (including phenoxy) is 2. The van der Waals surface area contributed by atoms with Gasteiger partial charge in [0, 0.05) is 17.4 Å². The molecule has 1 saturated heterocycles. The molecule has 0 aliphatic carbocycles. The van der Waals surface area contributed by atoms with Gasteiger partial charge in [-0.15, -0.1) is 0 Å². The molecule has 0 unspecified atom stereocenters. The molecule has 1 heterocycles. The molecule has 4 nitrogen and oxygen atoms in total. The Morgan fingerprint density at radius 3 is 2.25 bits per heavy atom. The summed E-state index contributed by atoms with van der Waals surface area (Å²) >= 11 is 1.98. The van der Waals surface area contributed by atoms with E-state index in [1.807, 2.05) is 22.6 Å². The van der Waals surface area contributed by atoms with Crippen LogP contribution in [-0.2, 0) is 19.1 Å². The van der Waals surface area contributed by atoms with Crippen LogP contribution in [0, 0.1) is 16.3 Å². The van der Waals surface area contributed by atoms with Gasteiger partial charge in [-0.05, 0) is 58.9 Å². The third-order valence-electron chi connectivity index (χ3n) is 2.73. The van der Waals surface area contributed by atoms with Gasteiger partial charge >= 0.3 is 11.9 Å². The molecule has 0 amide bonds. The lowest BCUT2D eigenvalue weighted by Gasteiger charge is -2.29. The van der Waals surface area contributed by atoms with Crippen molar-refractivity contribution in [1.29, 1.82) is 0 Å². The van der Waals surface area contributed by atoms with E-state index in [0.717, 1.165) is 0 Å². The molecule has 1 aliphatic rings. The summed E-state index contributed by atoms with van der Waals surface area (Å²) in [7, 11) is 0. The number of halogens is 2. The normalized spacial score (nSPS) is 17.6. The van der Waals surface area contributed by atoms with Gasteiger partial charge in [0.15, 0.2) is 0 Å². The Balaban J connectivity index is 2.41. The van der Waals surface area contributed by atoms with Crippen LogP contribution in [0.15, 0.2) is 17.7 Å². The third kappa shape index (κ3) is 3.00. The van der Waals surface area contributed by atoms with Gasteiger partial charge in [0.1, 0.15) is 11.4 Å². The second kappa shape index (κ2) is 5.16. The summed E-state index contributed by atoms with van der Waals surface area (Å²) < 4.78 is 24.3. The Morgan fingerprint density at radius 1 is 1.20 bits per heavy atom. The van der Waals surface area contributed by atoms with Gasteiger partial charge in [-0.1, -0.05) is 0 Å². The van der Waals surface area contributed by atoms with Crippen molar-refractivity contribution >= 4 is 40.6 Å². The van der Waals surface area contributed by atoms with Gasteiger partial charge in [0.05, 0.1) is 0 Å². The van der Waals surface area contributed by atoms with Crippen molar-refractivity contribution in [2.75, 3.05) is 0 Å². The molecule has 6 heteroatoms. The van der Waals surface area contributed by atoms with Crippen LogP contribution in [0.2, 0.25) is 0 Å². The minimum atomic E-state index is -1.28. The summed E-state index contributed by atoms with van der Waals surface area (Å²) in [6.45, 7) is 4.59. The Kier molecular flexibility index (Phi) is 3.86. The van der Waals surface area contributed by atoms with Crippen molar-refractivity contribution in [3.63, 3.8) is 0 Å². The number of esters is 2. The van der Waals surface area contributed by atoms with Crippen LogP contribution in [0.1, 0.15) is 25.0 Å². The van der Waals surface area contributed by atoms with Crippen molar-refractivity contribution in [3.8, 4) is 0 Å². The maximum atomic E-state index is 13.6. The van der Waals surface area contributed by atoms with Gasteiger partial charge in [0.25, 0.3) is 5.79 Å². The number of cyclic esters (lactones) is 2. The zero-order valence-corrected chi connectivity index (χ0v) is 13.3. The van der Waals surface area contributed by atoms with Crippen LogP contribution in [0.5, 0.6) is 0 Å². The highest BCUT2D eigenvalue weighted by atomic mass is 127. The first-order chi connectivity index (χ1) is 9.19. The van der Waals surface area contributed by atoms with E-state index in [1.165, 1.54) is 26.0 Å². The Morgan fingerprint density at radius 2 is 1.75 bits per heavy atom. The number of hydrogen-bond donors (Lipinski definition) is 0. The zero-order chi connectivity index (χ0) is 15.1. The average Bonchev–Trinajstić information content (AvgIpc) is 2.29. The molecule has 0 radical (unpaired) electrons. The Hall–Kier alpha value is -1.44. The van der Waals surface area contributed by atoms with Crippen LogP contribution < -0.4 is 0 Å². The SMILES string of the molecule is Cc1c(F)cc(C=C2C(=O)OC(C)(C)OC2=O)cc1I. The molecular weight excluding hydrogens is 378 g/mol. The molecule has 0 saturated carbocycles. The summed E-state index contributed by atoms with van der Waals surface area (Å²) in [6.07, 6.45) is 1.27. The fraction of sp³-hybridized carbons (Fsp3) is 0.286. The van der Waals surface area contributed by atoms with E-state index < -0.39 is 23.5 Å². The van der Waals surface area contributed by atoms with Gasteiger partial charge < -0.3 is 9.47 Å². The van der Waals surface area contributed by atoms with E-state index >= 15 is 0 Å². The summed E-state index contributed by atoms with van der Waals surface area (Å²) in [5.41, 5.74) is 0.673. The van der Waals surface area contributed by atoms with Crippen LogP contribution in [0.4, 0.5) is 4.39 Å². The maximum Gasteiger partial charge on any atom is 0.348 e. The highest BCUT2D eigenvalue weighted by Crippen LogP contribution is 2.25. The largest absolute Gasteiger partial charge is 0.419 e. The molecule has 1 aliphatic heterocycles. The van der Waals surface area contributed by atoms with Crippen molar-refractivity contribution in [2.45, 2.75) is 26.6 Å². The highest BCUT2D eigenvalue weighted by Gasteiger charge is 2.38. The minimum Gasteiger partial charge on any atom is -0.419 e. The molecule has 0 aromatic heterocycles. The monoisotopic (exact) mass is 390 g/mol. The number of hydrogen-bond acceptors (Lipinski definition) is 4. The highest BCUT2D eigenvalue weighted by molar-refractivity contribution is 14.1. The standard InChI is InChI=1S/C14H12FIO4/c1-7-10(15)5-8(6-11(7)16)4-9-12(17)19-14(2,3)20-13(9)18/h4-6H,1-3H3. The Labute approximate surface area is 129 Å².